The Hall–Kier alpha value is -1.83. The third-order valence-corrected chi connectivity index (χ3v) is 3.77. The highest BCUT2D eigenvalue weighted by Gasteiger charge is 2.42. The van der Waals surface area contributed by atoms with Crippen molar-refractivity contribution in [3.05, 3.63) is 0 Å². The van der Waals surface area contributed by atoms with Crippen LogP contribution in [0, 0.1) is 0 Å². The minimum absolute atomic E-state index is 0.0888. The van der Waals surface area contributed by atoms with Crippen LogP contribution in [0.4, 0.5) is 4.79 Å². The summed E-state index contributed by atoms with van der Waals surface area (Å²) in [6, 6.07) is -0.333. The minimum atomic E-state index is -1.31. The van der Waals surface area contributed by atoms with Crippen molar-refractivity contribution in [3.63, 3.8) is 0 Å². The number of carbonyl (C=O) groups is 3. The zero-order valence-corrected chi connectivity index (χ0v) is 12.1. The zero-order valence-electron chi connectivity index (χ0n) is 12.1. The van der Waals surface area contributed by atoms with Gasteiger partial charge in [0, 0.05) is 39.1 Å². The molecule has 8 nitrogen and oxygen atoms in total. The topological polar surface area (TPSA) is 108 Å². The van der Waals surface area contributed by atoms with Crippen molar-refractivity contribution in [2.24, 2.45) is 0 Å². The molecule has 2 rings (SSSR count). The van der Waals surface area contributed by atoms with Gasteiger partial charge in [0.25, 0.3) is 0 Å². The lowest BCUT2D eigenvalue weighted by atomic mass is 9.90. The van der Waals surface area contributed by atoms with Crippen molar-refractivity contribution < 1.29 is 24.2 Å². The second-order valence-electron chi connectivity index (χ2n) is 5.63. The van der Waals surface area contributed by atoms with E-state index in [1.807, 2.05) is 0 Å². The van der Waals surface area contributed by atoms with Gasteiger partial charge in [-0.25, -0.2) is 9.59 Å². The first-order valence-corrected chi connectivity index (χ1v) is 7.07. The van der Waals surface area contributed by atoms with Crippen LogP contribution in [0.2, 0.25) is 0 Å². The van der Waals surface area contributed by atoms with E-state index >= 15 is 0 Å². The van der Waals surface area contributed by atoms with E-state index in [4.69, 9.17) is 4.74 Å². The number of carbonyl (C=O) groups excluding carboxylic acids is 2. The largest absolute Gasteiger partial charge is 0.480 e. The molecule has 0 radical (unpaired) electrons. The summed E-state index contributed by atoms with van der Waals surface area (Å²) in [4.78, 5) is 36.4. The molecule has 0 aromatic heterocycles. The number of likely N-dealkylation sites (N-methyl/N-ethyl adjacent to an activating group) is 1. The molecule has 8 heteroatoms. The normalized spacial score (nSPS) is 20.4. The molecule has 118 valence electrons. The molecule has 0 unspecified atom stereocenters. The second-order valence-corrected chi connectivity index (χ2v) is 5.63. The Morgan fingerprint density at radius 3 is 2.43 bits per heavy atom. The molecule has 21 heavy (non-hydrogen) atoms. The number of aliphatic carboxylic acids is 1. The molecule has 1 saturated carbocycles. The Morgan fingerprint density at radius 2 is 1.90 bits per heavy atom. The molecule has 1 aliphatic carbocycles. The van der Waals surface area contributed by atoms with E-state index in [9.17, 15) is 19.5 Å². The molecule has 3 amide bonds. The first kappa shape index (κ1) is 15.6. The highest BCUT2D eigenvalue weighted by molar-refractivity contribution is 5.88. The number of carboxylic acid groups (broad SMARTS) is 1. The molecule has 1 heterocycles. The van der Waals surface area contributed by atoms with E-state index in [2.05, 4.69) is 10.6 Å². The maximum absolute atomic E-state index is 12.1. The smallest absolute Gasteiger partial charge is 0.329 e. The molecular formula is C13H21N3O5. The van der Waals surface area contributed by atoms with Gasteiger partial charge in [-0.1, -0.05) is 0 Å². The number of carboxylic acids is 1. The van der Waals surface area contributed by atoms with E-state index in [1.165, 1.54) is 11.9 Å². The van der Waals surface area contributed by atoms with E-state index in [1.54, 1.807) is 0 Å². The number of urea groups is 1. The van der Waals surface area contributed by atoms with E-state index < -0.39 is 17.5 Å². The van der Waals surface area contributed by atoms with Crippen LogP contribution in [0.1, 0.15) is 25.7 Å². The Labute approximate surface area is 122 Å². The Kier molecular flexibility index (Phi) is 4.66. The molecule has 0 atom stereocenters. The van der Waals surface area contributed by atoms with Crippen LogP contribution >= 0.6 is 0 Å². The van der Waals surface area contributed by atoms with Crippen LogP contribution in [0.3, 0.4) is 0 Å². The first-order chi connectivity index (χ1) is 9.93. The predicted octanol–water partition coefficient (Wildman–Crippen LogP) is -0.460. The second kappa shape index (κ2) is 6.30. The Balaban J connectivity index is 1.88. The average Bonchev–Trinajstić information content (AvgIpc) is 3.23. The van der Waals surface area contributed by atoms with E-state index in [0.29, 0.717) is 13.2 Å². The van der Waals surface area contributed by atoms with Gasteiger partial charge in [0.15, 0.2) is 0 Å². The van der Waals surface area contributed by atoms with Crippen LogP contribution in [-0.2, 0) is 14.3 Å². The van der Waals surface area contributed by atoms with Gasteiger partial charge in [-0.15, -0.1) is 0 Å². The first-order valence-electron chi connectivity index (χ1n) is 7.07. The number of nitrogens with zero attached hydrogens (tertiary/aromatic N) is 1. The Bertz CT molecular complexity index is 430. The van der Waals surface area contributed by atoms with Crippen LogP contribution < -0.4 is 10.6 Å². The summed E-state index contributed by atoms with van der Waals surface area (Å²) < 4.78 is 5.14. The van der Waals surface area contributed by atoms with E-state index in [-0.39, 0.29) is 31.3 Å². The lowest BCUT2D eigenvalue weighted by Crippen LogP contribution is -2.60. The fourth-order valence-corrected chi connectivity index (χ4v) is 2.20. The molecule has 2 fully saturated rings. The molecule has 0 aromatic carbocycles. The number of ether oxygens (including phenoxy) is 1. The quantitative estimate of drug-likeness (QED) is 0.636. The number of hydrogen-bond donors (Lipinski definition) is 3. The van der Waals surface area contributed by atoms with Gasteiger partial charge < -0.3 is 25.4 Å². The SMILES string of the molecule is CN(CC(=O)NC1CC1)C(=O)NC1(C(=O)O)CCOCC1. The molecular weight excluding hydrogens is 278 g/mol. The van der Waals surface area contributed by atoms with E-state index in [0.717, 1.165) is 12.8 Å². The molecule has 0 bridgehead atoms. The maximum atomic E-state index is 12.1. The summed E-state index contributed by atoms with van der Waals surface area (Å²) in [5.74, 6) is -1.30. The van der Waals surface area contributed by atoms with Gasteiger partial charge in [0.05, 0.1) is 0 Å². The van der Waals surface area contributed by atoms with Gasteiger partial charge in [0.1, 0.15) is 12.1 Å². The number of amides is 3. The van der Waals surface area contributed by atoms with Crippen molar-refractivity contribution in [1.29, 1.82) is 0 Å². The molecule has 2 aliphatic rings. The van der Waals surface area contributed by atoms with Crippen LogP contribution in [-0.4, -0.2) is 66.3 Å². The fourth-order valence-electron chi connectivity index (χ4n) is 2.20. The average molecular weight is 299 g/mol. The summed E-state index contributed by atoms with van der Waals surface area (Å²) in [6.45, 7) is 0.492. The molecule has 0 aromatic rings. The fraction of sp³-hybridized carbons (Fsp3) is 0.769. The molecule has 3 N–H and O–H groups in total. The Morgan fingerprint density at radius 1 is 1.29 bits per heavy atom. The monoisotopic (exact) mass is 299 g/mol. The van der Waals surface area contributed by atoms with Crippen LogP contribution in [0.25, 0.3) is 0 Å². The summed E-state index contributed by atoms with van der Waals surface area (Å²) in [7, 11) is 1.47. The van der Waals surface area contributed by atoms with Gasteiger partial charge >= 0.3 is 12.0 Å². The standard InChI is InChI=1S/C13H21N3O5/c1-16(8-10(17)14-9-2-3-9)12(20)15-13(11(18)19)4-6-21-7-5-13/h9H,2-8H2,1H3,(H,14,17)(H,15,20)(H,18,19). The maximum Gasteiger partial charge on any atom is 0.329 e. The minimum Gasteiger partial charge on any atom is -0.480 e. The molecule has 1 aliphatic heterocycles. The number of hydrogen-bond acceptors (Lipinski definition) is 4. The third-order valence-electron chi connectivity index (χ3n) is 3.77. The van der Waals surface area contributed by atoms with Crippen molar-refractivity contribution in [2.75, 3.05) is 26.8 Å². The summed E-state index contributed by atoms with van der Waals surface area (Å²) in [5, 5.41) is 14.7. The van der Waals surface area contributed by atoms with Crippen LogP contribution in [0.15, 0.2) is 0 Å². The highest BCUT2D eigenvalue weighted by atomic mass is 16.5. The zero-order chi connectivity index (χ0) is 15.5. The van der Waals surface area contributed by atoms with Crippen molar-refractivity contribution in [3.8, 4) is 0 Å². The molecule has 1 saturated heterocycles. The van der Waals surface area contributed by atoms with Gasteiger partial charge in [-0.05, 0) is 12.8 Å². The highest BCUT2D eigenvalue weighted by Crippen LogP contribution is 2.21. The lowest BCUT2D eigenvalue weighted by Gasteiger charge is -2.35. The van der Waals surface area contributed by atoms with Gasteiger partial charge in [-0.3, -0.25) is 4.79 Å². The summed E-state index contributed by atoms with van der Waals surface area (Å²) in [5.41, 5.74) is -1.31. The number of nitrogens with one attached hydrogen (secondary N) is 2. The van der Waals surface area contributed by atoms with Crippen molar-refractivity contribution in [2.45, 2.75) is 37.3 Å². The predicted molar refractivity (Wildman–Crippen MR) is 72.7 cm³/mol. The summed E-state index contributed by atoms with van der Waals surface area (Å²) in [6.07, 6.45) is 2.39. The molecule has 0 spiro atoms. The summed E-state index contributed by atoms with van der Waals surface area (Å²) >= 11 is 0. The van der Waals surface area contributed by atoms with Gasteiger partial charge in [-0.2, -0.15) is 0 Å². The number of rotatable bonds is 5. The third kappa shape index (κ3) is 4.07. The van der Waals surface area contributed by atoms with Crippen molar-refractivity contribution in [1.82, 2.24) is 15.5 Å². The van der Waals surface area contributed by atoms with Crippen LogP contribution in [0.5, 0.6) is 0 Å². The van der Waals surface area contributed by atoms with Crippen molar-refractivity contribution >= 4 is 17.9 Å². The van der Waals surface area contributed by atoms with Gasteiger partial charge in [0.2, 0.25) is 5.91 Å². The lowest BCUT2D eigenvalue weighted by molar-refractivity contribution is -0.148.